The number of benzene rings is 2. The number of rotatable bonds is 5. The number of aliphatic hydroxyl groups is 1. The zero-order valence-corrected chi connectivity index (χ0v) is 14.7. The smallest absolute Gasteiger partial charge is 0.158 e. The molecule has 8 heteroatoms. The summed E-state index contributed by atoms with van der Waals surface area (Å²) < 4.78 is 52.3. The average Bonchev–Trinajstić information content (AvgIpc) is 2.54. The van der Waals surface area contributed by atoms with Gasteiger partial charge in [0.15, 0.2) is 9.84 Å². The average molecular weight is 378 g/mol. The highest BCUT2D eigenvalue weighted by Crippen LogP contribution is 2.23. The fourth-order valence-corrected chi connectivity index (χ4v) is 4.14. The number of aryl methyl sites for hydroxylation is 1. The maximum Gasteiger partial charge on any atom is 0.158 e. The molecule has 2 aromatic carbocycles. The highest BCUT2D eigenvalue weighted by atomic mass is 32.2. The Morgan fingerprint density at radius 1 is 1.00 bits per heavy atom. The van der Waals surface area contributed by atoms with Crippen LogP contribution in [0.5, 0.6) is 0 Å². The Balaban J connectivity index is 1.86. The largest absolute Gasteiger partial charge is 0.387 e. The van der Waals surface area contributed by atoms with Gasteiger partial charge < -0.3 is 5.11 Å². The summed E-state index contributed by atoms with van der Waals surface area (Å²) >= 11 is 0. The minimum atomic E-state index is -3.89. The van der Waals surface area contributed by atoms with Crippen molar-refractivity contribution >= 4 is 20.9 Å². The molecule has 1 atom stereocenters. The van der Waals surface area contributed by atoms with Crippen LogP contribution in [0.2, 0.25) is 0 Å². The first-order chi connectivity index (χ1) is 12.3. The molecular weight excluding hydrogens is 362 g/mol. The standard InChI is InChI=1S/C18H16F2N2O3S/c1-11-16(22-15-8-3-2-7-14(15)21-11)9-26(24,25)10-17(23)18-12(19)5-4-6-13(18)20/h2-8,17,23H,9-10H2,1H3. The van der Waals surface area contributed by atoms with Crippen molar-refractivity contribution in [1.29, 1.82) is 0 Å². The number of fused-ring (bicyclic) bond motifs is 1. The lowest BCUT2D eigenvalue weighted by Crippen LogP contribution is -2.19. The topological polar surface area (TPSA) is 80.2 Å². The van der Waals surface area contributed by atoms with Crippen molar-refractivity contribution in [3.05, 3.63) is 71.1 Å². The summed E-state index contributed by atoms with van der Waals surface area (Å²) in [5.74, 6) is -3.29. The number of nitrogens with zero attached hydrogens (tertiary/aromatic N) is 2. The van der Waals surface area contributed by atoms with Crippen LogP contribution in [0.1, 0.15) is 23.1 Å². The first-order valence-corrected chi connectivity index (χ1v) is 9.63. The number of aliphatic hydroxyl groups excluding tert-OH is 1. The first kappa shape index (κ1) is 18.3. The van der Waals surface area contributed by atoms with Crippen LogP contribution in [-0.4, -0.2) is 29.2 Å². The molecule has 1 heterocycles. The second-order valence-corrected chi connectivity index (χ2v) is 8.06. The molecular formula is C18H16F2N2O3S. The van der Waals surface area contributed by atoms with Crippen LogP contribution in [0.4, 0.5) is 8.78 Å². The summed E-state index contributed by atoms with van der Waals surface area (Å²) in [5.41, 5.74) is 1.21. The summed E-state index contributed by atoms with van der Waals surface area (Å²) in [6.07, 6.45) is -1.81. The van der Waals surface area contributed by atoms with E-state index in [-0.39, 0.29) is 5.69 Å². The van der Waals surface area contributed by atoms with Crippen LogP contribution in [0.15, 0.2) is 42.5 Å². The minimum absolute atomic E-state index is 0.241. The Morgan fingerprint density at radius 3 is 2.19 bits per heavy atom. The third-order valence-corrected chi connectivity index (χ3v) is 5.48. The number of sulfone groups is 1. The number of hydrogen-bond acceptors (Lipinski definition) is 5. The molecule has 0 bridgehead atoms. The van der Waals surface area contributed by atoms with E-state index in [9.17, 15) is 22.3 Å². The van der Waals surface area contributed by atoms with Gasteiger partial charge in [-0.25, -0.2) is 27.2 Å². The third-order valence-electron chi connectivity index (χ3n) is 3.94. The van der Waals surface area contributed by atoms with Crippen molar-refractivity contribution < 1.29 is 22.3 Å². The molecule has 0 fully saturated rings. The molecule has 3 rings (SSSR count). The highest BCUT2D eigenvalue weighted by Gasteiger charge is 2.25. The molecule has 0 radical (unpaired) electrons. The molecule has 3 aromatic rings. The van der Waals surface area contributed by atoms with Crippen LogP contribution < -0.4 is 0 Å². The molecule has 136 valence electrons. The summed E-state index contributed by atoms with van der Waals surface area (Å²) in [5, 5.41) is 10.0. The third kappa shape index (κ3) is 3.86. The number of para-hydroxylation sites is 2. The Bertz CT molecular complexity index is 1050. The quantitative estimate of drug-likeness (QED) is 0.738. The normalized spacial score (nSPS) is 13.1. The number of aromatic nitrogens is 2. The number of halogens is 2. The van der Waals surface area contributed by atoms with E-state index in [1.807, 2.05) is 0 Å². The van der Waals surface area contributed by atoms with Crippen molar-refractivity contribution in [3.63, 3.8) is 0 Å². The van der Waals surface area contributed by atoms with Gasteiger partial charge in [-0.15, -0.1) is 0 Å². The molecule has 0 amide bonds. The lowest BCUT2D eigenvalue weighted by molar-refractivity contribution is 0.191. The summed E-state index contributed by atoms with van der Waals surface area (Å²) in [7, 11) is -3.89. The molecule has 0 saturated heterocycles. The van der Waals surface area contributed by atoms with Gasteiger partial charge in [0.05, 0.1) is 45.6 Å². The van der Waals surface area contributed by atoms with Gasteiger partial charge in [-0.05, 0) is 31.2 Å². The van der Waals surface area contributed by atoms with Crippen molar-refractivity contribution in [2.24, 2.45) is 0 Å². The molecule has 0 spiro atoms. The highest BCUT2D eigenvalue weighted by molar-refractivity contribution is 7.90. The maximum atomic E-state index is 13.7. The molecule has 0 saturated carbocycles. The monoisotopic (exact) mass is 378 g/mol. The van der Waals surface area contributed by atoms with E-state index in [0.717, 1.165) is 18.2 Å². The minimum Gasteiger partial charge on any atom is -0.387 e. The van der Waals surface area contributed by atoms with E-state index in [1.54, 1.807) is 31.2 Å². The van der Waals surface area contributed by atoms with Gasteiger partial charge in [-0.3, -0.25) is 0 Å². The van der Waals surface area contributed by atoms with Crippen molar-refractivity contribution in [1.82, 2.24) is 9.97 Å². The Morgan fingerprint density at radius 2 is 1.58 bits per heavy atom. The van der Waals surface area contributed by atoms with Gasteiger partial charge in [0.1, 0.15) is 11.6 Å². The molecule has 0 aliphatic carbocycles. The zero-order valence-electron chi connectivity index (χ0n) is 13.9. The Hall–Kier alpha value is -2.45. The lowest BCUT2D eigenvalue weighted by atomic mass is 10.1. The fraction of sp³-hybridized carbons (Fsp3) is 0.222. The van der Waals surface area contributed by atoms with Gasteiger partial charge in [-0.1, -0.05) is 18.2 Å². The van der Waals surface area contributed by atoms with Gasteiger partial charge in [-0.2, -0.15) is 0 Å². The lowest BCUT2D eigenvalue weighted by Gasteiger charge is -2.14. The second-order valence-electron chi connectivity index (χ2n) is 5.95. The van der Waals surface area contributed by atoms with E-state index in [2.05, 4.69) is 9.97 Å². The molecule has 5 nitrogen and oxygen atoms in total. The van der Waals surface area contributed by atoms with Gasteiger partial charge >= 0.3 is 0 Å². The van der Waals surface area contributed by atoms with Crippen LogP contribution >= 0.6 is 0 Å². The number of hydrogen-bond donors (Lipinski definition) is 1. The fourth-order valence-electron chi connectivity index (χ4n) is 2.68. The Labute approximate surface area is 149 Å². The van der Waals surface area contributed by atoms with E-state index >= 15 is 0 Å². The Kier molecular flexibility index (Phi) is 4.97. The van der Waals surface area contributed by atoms with Gasteiger partial charge in [0, 0.05) is 0 Å². The summed E-state index contributed by atoms with van der Waals surface area (Å²) in [6, 6.07) is 10.1. The molecule has 1 unspecified atom stereocenters. The zero-order chi connectivity index (χ0) is 18.9. The first-order valence-electron chi connectivity index (χ1n) is 7.81. The molecule has 1 aromatic heterocycles. The second kappa shape index (κ2) is 7.05. The van der Waals surface area contributed by atoms with E-state index in [4.69, 9.17) is 0 Å². The molecule has 1 N–H and O–H groups in total. The van der Waals surface area contributed by atoms with Crippen LogP contribution in [0.25, 0.3) is 11.0 Å². The summed E-state index contributed by atoms with van der Waals surface area (Å²) in [4.78, 5) is 8.62. The predicted molar refractivity (Wildman–Crippen MR) is 93.1 cm³/mol. The van der Waals surface area contributed by atoms with E-state index in [0.29, 0.717) is 16.7 Å². The van der Waals surface area contributed by atoms with Gasteiger partial charge in [0.2, 0.25) is 0 Å². The SMILES string of the molecule is Cc1nc2ccccc2nc1CS(=O)(=O)CC(O)c1c(F)cccc1F. The maximum absolute atomic E-state index is 13.7. The van der Waals surface area contributed by atoms with Gasteiger partial charge in [0.25, 0.3) is 0 Å². The predicted octanol–water partition coefficient (Wildman–Crippen LogP) is 2.86. The summed E-state index contributed by atoms with van der Waals surface area (Å²) in [6.45, 7) is 1.64. The van der Waals surface area contributed by atoms with Crippen molar-refractivity contribution in [3.8, 4) is 0 Å². The molecule has 0 aliphatic heterocycles. The van der Waals surface area contributed by atoms with Crippen LogP contribution in [0, 0.1) is 18.6 Å². The van der Waals surface area contributed by atoms with E-state index < -0.39 is 44.6 Å². The van der Waals surface area contributed by atoms with Crippen LogP contribution in [0.3, 0.4) is 0 Å². The molecule has 0 aliphatic rings. The van der Waals surface area contributed by atoms with Crippen molar-refractivity contribution in [2.75, 3.05) is 5.75 Å². The molecule has 26 heavy (non-hydrogen) atoms. The van der Waals surface area contributed by atoms with Crippen LogP contribution in [-0.2, 0) is 15.6 Å². The van der Waals surface area contributed by atoms with Crippen molar-refractivity contribution in [2.45, 2.75) is 18.8 Å². The van der Waals surface area contributed by atoms with E-state index in [1.165, 1.54) is 0 Å².